The number of hydrogen-bond acceptors (Lipinski definition) is 4. The first kappa shape index (κ1) is 10.4. The van der Waals surface area contributed by atoms with Gasteiger partial charge in [-0.25, -0.2) is 4.98 Å². The van der Waals surface area contributed by atoms with Crippen molar-refractivity contribution in [3.05, 3.63) is 12.3 Å². The van der Waals surface area contributed by atoms with E-state index in [1.165, 1.54) is 6.20 Å². The third kappa shape index (κ3) is 1.81. The van der Waals surface area contributed by atoms with Crippen LogP contribution in [0.2, 0.25) is 0 Å². The predicted molar refractivity (Wildman–Crippen MR) is 61.8 cm³/mol. The highest BCUT2D eigenvalue weighted by Gasteiger charge is 2.12. The van der Waals surface area contributed by atoms with E-state index in [2.05, 4.69) is 20.5 Å². The molecule has 0 saturated carbocycles. The minimum Gasteiger partial charge on any atom is -0.397 e. The number of aromatic nitrogens is 3. The molecule has 0 bridgehead atoms. The van der Waals surface area contributed by atoms with Crippen LogP contribution in [0.5, 0.6) is 0 Å². The van der Waals surface area contributed by atoms with Crippen molar-refractivity contribution < 1.29 is 4.79 Å². The van der Waals surface area contributed by atoms with Crippen LogP contribution in [0.3, 0.4) is 0 Å². The maximum Gasteiger partial charge on any atom is 0.228 e. The Morgan fingerprint density at radius 1 is 1.56 bits per heavy atom. The summed E-state index contributed by atoms with van der Waals surface area (Å²) in [5.41, 5.74) is 6.70. The number of nitrogens with one attached hydrogen (secondary N) is 2. The maximum absolute atomic E-state index is 11.5. The molecular formula is C10H13N5O. The normalized spacial score (nSPS) is 10.9. The standard InChI is InChI=1S/C10H13N5O/c1-5(2)10(16)13-9-7-3-6(11)4-12-8(7)14-15-9/h3-5H,11H2,1-2H3,(H2,12,13,14,15,16). The van der Waals surface area contributed by atoms with E-state index in [0.29, 0.717) is 22.5 Å². The molecule has 2 aromatic rings. The monoisotopic (exact) mass is 219 g/mol. The summed E-state index contributed by atoms with van der Waals surface area (Å²) >= 11 is 0. The molecule has 2 heterocycles. The summed E-state index contributed by atoms with van der Waals surface area (Å²) in [6.45, 7) is 3.64. The summed E-state index contributed by atoms with van der Waals surface area (Å²) in [6.07, 6.45) is 1.53. The van der Waals surface area contributed by atoms with Crippen molar-refractivity contribution in [3.8, 4) is 0 Å². The molecule has 0 saturated heterocycles. The fraction of sp³-hybridized carbons (Fsp3) is 0.300. The second kappa shape index (κ2) is 3.80. The number of carbonyl (C=O) groups excluding carboxylic acids is 1. The van der Waals surface area contributed by atoms with Crippen molar-refractivity contribution in [2.45, 2.75) is 13.8 Å². The van der Waals surface area contributed by atoms with Crippen molar-refractivity contribution in [1.82, 2.24) is 15.2 Å². The maximum atomic E-state index is 11.5. The van der Waals surface area contributed by atoms with Gasteiger partial charge in [0.15, 0.2) is 5.65 Å². The lowest BCUT2D eigenvalue weighted by Gasteiger charge is -2.05. The smallest absolute Gasteiger partial charge is 0.228 e. The molecule has 16 heavy (non-hydrogen) atoms. The summed E-state index contributed by atoms with van der Waals surface area (Å²) in [5.74, 6) is 0.369. The quantitative estimate of drug-likeness (QED) is 0.705. The number of rotatable bonds is 2. The largest absolute Gasteiger partial charge is 0.397 e. The van der Waals surface area contributed by atoms with E-state index in [9.17, 15) is 4.79 Å². The van der Waals surface area contributed by atoms with Crippen LogP contribution in [-0.2, 0) is 4.79 Å². The van der Waals surface area contributed by atoms with Crippen LogP contribution in [0.1, 0.15) is 13.8 Å². The molecule has 0 aliphatic heterocycles. The van der Waals surface area contributed by atoms with Gasteiger partial charge in [-0.1, -0.05) is 13.8 Å². The molecule has 4 N–H and O–H groups in total. The number of hydrogen-bond donors (Lipinski definition) is 3. The van der Waals surface area contributed by atoms with Gasteiger partial charge in [0, 0.05) is 5.92 Å². The summed E-state index contributed by atoms with van der Waals surface area (Å²) in [6, 6.07) is 1.72. The highest BCUT2D eigenvalue weighted by atomic mass is 16.1. The SMILES string of the molecule is CC(C)C(=O)Nc1[nH]nc2ncc(N)cc12. The Labute approximate surface area is 92.2 Å². The van der Waals surface area contributed by atoms with Crippen LogP contribution >= 0.6 is 0 Å². The zero-order valence-corrected chi connectivity index (χ0v) is 9.11. The van der Waals surface area contributed by atoms with Crippen molar-refractivity contribution in [2.24, 2.45) is 5.92 Å². The zero-order valence-electron chi connectivity index (χ0n) is 9.11. The fourth-order valence-corrected chi connectivity index (χ4v) is 1.28. The molecule has 6 nitrogen and oxygen atoms in total. The van der Waals surface area contributed by atoms with E-state index in [1.54, 1.807) is 6.07 Å². The minimum atomic E-state index is -0.0904. The van der Waals surface area contributed by atoms with E-state index in [-0.39, 0.29) is 11.8 Å². The van der Waals surface area contributed by atoms with Gasteiger partial charge in [-0.05, 0) is 6.07 Å². The summed E-state index contributed by atoms with van der Waals surface area (Å²) in [4.78, 5) is 15.6. The number of anilines is 2. The molecule has 1 amide bonds. The van der Waals surface area contributed by atoms with Gasteiger partial charge in [0.1, 0.15) is 5.82 Å². The number of nitrogens with two attached hydrogens (primary N) is 1. The Kier molecular flexibility index (Phi) is 2.47. The van der Waals surface area contributed by atoms with Crippen LogP contribution in [0, 0.1) is 5.92 Å². The number of pyridine rings is 1. The molecule has 0 atom stereocenters. The Morgan fingerprint density at radius 2 is 2.31 bits per heavy atom. The molecular weight excluding hydrogens is 206 g/mol. The van der Waals surface area contributed by atoms with Gasteiger partial charge in [0.05, 0.1) is 17.3 Å². The van der Waals surface area contributed by atoms with Crippen molar-refractivity contribution in [2.75, 3.05) is 11.1 Å². The van der Waals surface area contributed by atoms with Gasteiger partial charge in [0.25, 0.3) is 0 Å². The summed E-state index contributed by atoms with van der Waals surface area (Å²) in [5, 5.41) is 10.1. The van der Waals surface area contributed by atoms with Gasteiger partial charge in [0.2, 0.25) is 5.91 Å². The number of carbonyl (C=O) groups is 1. The Bertz CT molecular complexity index is 531. The van der Waals surface area contributed by atoms with E-state index >= 15 is 0 Å². The second-order valence-corrected chi connectivity index (χ2v) is 3.88. The van der Waals surface area contributed by atoms with Crippen molar-refractivity contribution >= 4 is 28.4 Å². The van der Waals surface area contributed by atoms with Crippen LogP contribution in [-0.4, -0.2) is 21.1 Å². The molecule has 2 aromatic heterocycles. The molecule has 2 rings (SSSR count). The molecule has 0 radical (unpaired) electrons. The van der Waals surface area contributed by atoms with E-state index in [0.717, 1.165) is 0 Å². The van der Waals surface area contributed by atoms with Gasteiger partial charge in [-0.2, -0.15) is 5.10 Å². The van der Waals surface area contributed by atoms with Crippen molar-refractivity contribution in [1.29, 1.82) is 0 Å². The molecule has 0 aliphatic rings. The summed E-state index contributed by atoms with van der Waals surface area (Å²) < 4.78 is 0. The Balaban J connectivity index is 2.38. The number of fused-ring (bicyclic) bond motifs is 1. The van der Waals surface area contributed by atoms with Crippen LogP contribution in [0.15, 0.2) is 12.3 Å². The topological polar surface area (TPSA) is 96.7 Å². The lowest BCUT2D eigenvalue weighted by Crippen LogP contribution is -2.18. The predicted octanol–water partition coefficient (Wildman–Crippen LogP) is 1.13. The van der Waals surface area contributed by atoms with Crippen LogP contribution < -0.4 is 11.1 Å². The lowest BCUT2D eigenvalue weighted by molar-refractivity contribution is -0.118. The molecule has 0 spiro atoms. The minimum absolute atomic E-state index is 0.0759. The van der Waals surface area contributed by atoms with Gasteiger partial charge < -0.3 is 11.1 Å². The van der Waals surface area contributed by atoms with E-state index in [1.807, 2.05) is 13.8 Å². The molecule has 0 aliphatic carbocycles. The number of amides is 1. The summed E-state index contributed by atoms with van der Waals surface area (Å²) in [7, 11) is 0. The average Bonchev–Trinajstić information content (AvgIpc) is 2.61. The van der Waals surface area contributed by atoms with Crippen LogP contribution in [0.4, 0.5) is 11.5 Å². The van der Waals surface area contributed by atoms with Crippen LogP contribution in [0.25, 0.3) is 11.0 Å². The average molecular weight is 219 g/mol. The first-order valence-corrected chi connectivity index (χ1v) is 4.98. The highest BCUT2D eigenvalue weighted by molar-refractivity contribution is 5.99. The number of H-pyrrole nitrogens is 1. The first-order valence-electron chi connectivity index (χ1n) is 4.98. The number of nitrogen functional groups attached to an aromatic ring is 1. The van der Waals surface area contributed by atoms with Gasteiger partial charge >= 0.3 is 0 Å². The molecule has 84 valence electrons. The van der Waals surface area contributed by atoms with Gasteiger partial charge in [-0.15, -0.1) is 0 Å². The third-order valence-corrected chi connectivity index (χ3v) is 2.20. The first-order chi connectivity index (χ1) is 7.58. The molecule has 0 aromatic carbocycles. The number of nitrogens with zero attached hydrogens (tertiary/aromatic N) is 2. The van der Waals surface area contributed by atoms with Gasteiger partial charge in [-0.3, -0.25) is 9.89 Å². The second-order valence-electron chi connectivity index (χ2n) is 3.88. The Hall–Kier alpha value is -2.11. The van der Waals surface area contributed by atoms with Crippen molar-refractivity contribution in [3.63, 3.8) is 0 Å². The lowest BCUT2D eigenvalue weighted by atomic mass is 10.2. The van der Waals surface area contributed by atoms with E-state index < -0.39 is 0 Å². The molecule has 6 heteroatoms. The van der Waals surface area contributed by atoms with E-state index in [4.69, 9.17) is 5.73 Å². The zero-order chi connectivity index (χ0) is 11.7. The molecule has 0 unspecified atom stereocenters. The fourth-order valence-electron chi connectivity index (χ4n) is 1.28. The Morgan fingerprint density at radius 3 is 3.00 bits per heavy atom. The third-order valence-electron chi connectivity index (χ3n) is 2.20. The molecule has 0 fully saturated rings. The highest BCUT2D eigenvalue weighted by Crippen LogP contribution is 2.20. The number of aromatic amines is 1.